The van der Waals surface area contributed by atoms with Gasteiger partial charge in [0.1, 0.15) is 6.07 Å². The fourth-order valence-corrected chi connectivity index (χ4v) is 3.21. The Hall–Kier alpha value is -3.12. The van der Waals surface area contributed by atoms with E-state index in [-0.39, 0.29) is 17.0 Å². The van der Waals surface area contributed by atoms with Gasteiger partial charge < -0.3 is 5.73 Å². The van der Waals surface area contributed by atoms with Crippen LogP contribution in [0.3, 0.4) is 0 Å². The van der Waals surface area contributed by atoms with Crippen LogP contribution in [0.25, 0.3) is 0 Å². The lowest BCUT2D eigenvalue weighted by atomic mass is 9.76. The summed E-state index contributed by atoms with van der Waals surface area (Å²) in [7, 11) is 0. The van der Waals surface area contributed by atoms with E-state index in [4.69, 9.17) is 5.73 Å². The molecule has 1 aromatic carbocycles. The molecule has 0 amide bonds. The van der Waals surface area contributed by atoms with Crippen molar-refractivity contribution in [2.45, 2.75) is 25.2 Å². The monoisotopic (exact) mass is 306 g/mol. The van der Waals surface area contributed by atoms with E-state index in [0.29, 0.717) is 23.5 Å². The summed E-state index contributed by atoms with van der Waals surface area (Å²) >= 11 is 0. The first-order chi connectivity index (χ1) is 11.1. The zero-order valence-corrected chi connectivity index (χ0v) is 12.3. The van der Waals surface area contributed by atoms with Crippen LogP contribution in [-0.4, -0.2) is 4.92 Å². The van der Waals surface area contributed by atoms with Gasteiger partial charge in [-0.3, -0.25) is 10.1 Å². The molecule has 1 saturated carbocycles. The van der Waals surface area contributed by atoms with E-state index in [1.807, 2.05) is 0 Å². The van der Waals surface area contributed by atoms with Gasteiger partial charge in [0.15, 0.2) is 0 Å². The summed E-state index contributed by atoms with van der Waals surface area (Å²) < 4.78 is 0. The highest BCUT2D eigenvalue weighted by molar-refractivity contribution is 5.60. The number of allylic oxidation sites excluding steroid dienone is 3. The average molecular weight is 306 g/mol. The van der Waals surface area contributed by atoms with E-state index in [1.165, 1.54) is 6.07 Å². The first kappa shape index (κ1) is 14.8. The summed E-state index contributed by atoms with van der Waals surface area (Å²) in [5, 5.41) is 30.2. The van der Waals surface area contributed by atoms with E-state index in [1.54, 1.807) is 18.2 Å². The molecule has 3 rings (SSSR count). The predicted molar refractivity (Wildman–Crippen MR) is 82.6 cm³/mol. The molecule has 2 N–H and O–H groups in total. The van der Waals surface area contributed by atoms with Crippen LogP contribution >= 0.6 is 0 Å². The third-order valence-electron chi connectivity index (χ3n) is 4.46. The highest BCUT2D eigenvalue weighted by atomic mass is 16.6. The molecule has 1 aromatic rings. The number of hydrogen-bond donors (Lipinski definition) is 1. The third-order valence-corrected chi connectivity index (χ3v) is 4.46. The summed E-state index contributed by atoms with van der Waals surface area (Å²) in [6.07, 6.45) is 2.45. The predicted octanol–water partition coefficient (Wildman–Crippen LogP) is 3.05. The second-order valence-corrected chi connectivity index (χ2v) is 5.80. The Labute approximate surface area is 133 Å². The normalized spacial score (nSPS) is 20.9. The van der Waals surface area contributed by atoms with Crippen LogP contribution in [0.1, 0.15) is 30.7 Å². The van der Waals surface area contributed by atoms with Gasteiger partial charge in [0.25, 0.3) is 5.69 Å². The minimum atomic E-state index is -0.464. The minimum Gasteiger partial charge on any atom is -0.397 e. The van der Waals surface area contributed by atoms with Gasteiger partial charge in [-0.1, -0.05) is 18.2 Å². The molecule has 2 aliphatic rings. The van der Waals surface area contributed by atoms with E-state index in [2.05, 4.69) is 12.1 Å². The summed E-state index contributed by atoms with van der Waals surface area (Å²) in [6.45, 7) is 0. The molecule has 0 aromatic heterocycles. The van der Waals surface area contributed by atoms with Crippen molar-refractivity contribution < 1.29 is 4.92 Å². The Morgan fingerprint density at radius 1 is 1.22 bits per heavy atom. The SMILES string of the molecule is N#CC1=C(C2CC2)CC(c2ccccc2[N+](=O)[O-])C(C#N)=C1N. The fraction of sp³-hybridized carbons (Fsp3) is 0.294. The van der Waals surface area contributed by atoms with Gasteiger partial charge >= 0.3 is 0 Å². The minimum absolute atomic E-state index is 0.0198. The lowest BCUT2D eigenvalue weighted by Gasteiger charge is -2.25. The Bertz CT molecular complexity index is 835. The van der Waals surface area contributed by atoms with E-state index >= 15 is 0 Å². The van der Waals surface area contributed by atoms with Crippen LogP contribution in [0.2, 0.25) is 0 Å². The number of nitrogens with zero attached hydrogens (tertiary/aromatic N) is 3. The molecular weight excluding hydrogens is 292 g/mol. The molecule has 1 fully saturated rings. The first-order valence-electron chi connectivity index (χ1n) is 7.35. The van der Waals surface area contributed by atoms with Gasteiger partial charge in [0.05, 0.1) is 27.8 Å². The Kier molecular flexibility index (Phi) is 3.59. The lowest BCUT2D eigenvalue weighted by molar-refractivity contribution is -0.385. The molecule has 0 spiro atoms. The lowest BCUT2D eigenvalue weighted by Crippen LogP contribution is -2.19. The van der Waals surface area contributed by atoms with Crippen LogP contribution in [-0.2, 0) is 0 Å². The van der Waals surface area contributed by atoms with Gasteiger partial charge in [0, 0.05) is 17.5 Å². The number of benzene rings is 1. The Morgan fingerprint density at radius 2 is 1.91 bits per heavy atom. The largest absolute Gasteiger partial charge is 0.397 e. The van der Waals surface area contributed by atoms with Gasteiger partial charge in [-0.2, -0.15) is 10.5 Å². The maximum Gasteiger partial charge on any atom is 0.273 e. The molecule has 0 bridgehead atoms. The molecular formula is C17H14N4O2. The van der Waals surface area contributed by atoms with Crippen LogP contribution in [0.4, 0.5) is 5.69 Å². The molecule has 0 saturated heterocycles. The highest BCUT2D eigenvalue weighted by Gasteiger charge is 2.38. The smallest absolute Gasteiger partial charge is 0.273 e. The van der Waals surface area contributed by atoms with Crippen molar-refractivity contribution in [2.24, 2.45) is 11.7 Å². The van der Waals surface area contributed by atoms with Gasteiger partial charge in [-0.15, -0.1) is 0 Å². The van der Waals surface area contributed by atoms with Gasteiger partial charge in [-0.05, 0) is 30.8 Å². The van der Waals surface area contributed by atoms with Crippen LogP contribution < -0.4 is 5.73 Å². The number of rotatable bonds is 3. The van der Waals surface area contributed by atoms with Crippen molar-refractivity contribution in [1.82, 2.24) is 0 Å². The van der Waals surface area contributed by atoms with Crippen molar-refractivity contribution in [2.75, 3.05) is 0 Å². The summed E-state index contributed by atoms with van der Waals surface area (Å²) in [5.74, 6) is -0.150. The van der Waals surface area contributed by atoms with Crippen molar-refractivity contribution in [3.05, 3.63) is 62.4 Å². The van der Waals surface area contributed by atoms with Crippen molar-refractivity contribution in [1.29, 1.82) is 10.5 Å². The summed E-state index contributed by atoms with van der Waals surface area (Å²) in [5.41, 5.74) is 8.27. The summed E-state index contributed by atoms with van der Waals surface area (Å²) in [4.78, 5) is 10.9. The standard InChI is InChI=1S/C17H14N4O2/c18-8-14-12(10-5-6-10)7-13(15(9-19)17(14)20)11-3-1-2-4-16(11)21(22)23/h1-4,10,13H,5-7,20H2. The number of nitrogens with two attached hydrogens (primary N) is 1. The van der Waals surface area contributed by atoms with Gasteiger partial charge in [-0.25, -0.2) is 0 Å². The number of hydrogen-bond acceptors (Lipinski definition) is 5. The second-order valence-electron chi connectivity index (χ2n) is 5.80. The molecule has 0 heterocycles. The summed E-state index contributed by atoms with van der Waals surface area (Å²) in [6, 6.07) is 10.6. The maximum absolute atomic E-state index is 11.3. The quantitative estimate of drug-likeness (QED) is 0.680. The van der Waals surface area contributed by atoms with E-state index in [0.717, 1.165) is 18.4 Å². The van der Waals surface area contributed by atoms with Crippen LogP contribution in [0.15, 0.2) is 46.7 Å². The molecule has 1 unspecified atom stereocenters. The molecule has 23 heavy (non-hydrogen) atoms. The second kappa shape index (κ2) is 5.58. The van der Waals surface area contributed by atoms with Crippen LogP contribution in [0, 0.1) is 38.7 Å². The Balaban J connectivity index is 2.16. The number of nitro benzene ring substituents is 1. The first-order valence-corrected chi connectivity index (χ1v) is 7.35. The molecule has 114 valence electrons. The number of para-hydroxylation sites is 1. The van der Waals surface area contributed by atoms with Gasteiger partial charge in [0.2, 0.25) is 0 Å². The third kappa shape index (κ3) is 2.45. The zero-order chi connectivity index (χ0) is 16.6. The Morgan fingerprint density at radius 3 is 2.48 bits per heavy atom. The topological polar surface area (TPSA) is 117 Å². The average Bonchev–Trinajstić information content (AvgIpc) is 3.38. The van der Waals surface area contributed by atoms with E-state index < -0.39 is 10.8 Å². The fourth-order valence-electron chi connectivity index (χ4n) is 3.21. The van der Waals surface area contributed by atoms with E-state index in [9.17, 15) is 20.6 Å². The maximum atomic E-state index is 11.3. The molecule has 0 aliphatic heterocycles. The molecule has 1 atom stereocenters. The zero-order valence-electron chi connectivity index (χ0n) is 12.3. The van der Waals surface area contributed by atoms with Crippen molar-refractivity contribution in [3.63, 3.8) is 0 Å². The van der Waals surface area contributed by atoms with Crippen molar-refractivity contribution in [3.8, 4) is 12.1 Å². The van der Waals surface area contributed by atoms with Crippen molar-refractivity contribution >= 4 is 5.69 Å². The molecule has 2 aliphatic carbocycles. The molecule has 0 radical (unpaired) electrons. The number of nitro groups is 1. The van der Waals surface area contributed by atoms with Crippen LogP contribution in [0.5, 0.6) is 0 Å². The highest BCUT2D eigenvalue weighted by Crippen LogP contribution is 2.49. The number of nitriles is 2. The molecule has 6 heteroatoms. The molecule has 6 nitrogen and oxygen atoms in total.